The van der Waals surface area contributed by atoms with Crippen LogP contribution in [0, 0.1) is 0 Å². The molecule has 0 aliphatic carbocycles. The molecular weight excluding hydrogens is 628 g/mol. The lowest BCUT2D eigenvalue weighted by Gasteiger charge is -2.34. The van der Waals surface area contributed by atoms with Crippen LogP contribution in [0.15, 0.2) is 66.7 Å². The fraction of sp³-hybridized carbons (Fsp3) is 0.310. The highest BCUT2D eigenvalue weighted by atomic mass is 35.5. The van der Waals surface area contributed by atoms with Crippen molar-refractivity contribution in [1.82, 2.24) is 10.2 Å². The van der Waals surface area contributed by atoms with E-state index in [4.69, 9.17) is 46.4 Å². The van der Waals surface area contributed by atoms with E-state index in [0.29, 0.717) is 17.0 Å². The number of nitrogens with zero attached hydrogens (tertiary/aromatic N) is 2. The largest absolute Gasteiger partial charge is 0.352 e. The van der Waals surface area contributed by atoms with Crippen molar-refractivity contribution in [3.8, 4) is 0 Å². The lowest BCUT2D eigenvalue weighted by Crippen LogP contribution is -2.54. The third-order valence-corrected chi connectivity index (χ3v) is 8.84. The van der Waals surface area contributed by atoms with Crippen molar-refractivity contribution >= 4 is 73.9 Å². The zero-order chi connectivity index (χ0) is 30.3. The van der Waals surface area contributed by atoms with Gasteiger partial charge in [0, 0.05) is 24.0 Å². The average Bonchev–Trinajstić information content (AvgIpc) is 2.91. The Labute approximate surface area is 261 Å². The second-order valence-electron chi connectivity index (χ2n) is 9.66. The van der Waals surface area contributed by atoms with E-state index in [9.17, 15) is 18.0 Å². The summed E-state index contributed by atoms with van der Waals surface area (Å²) in [6, 6.07) is 17.7. The summed E-state index contributed by atoms with van der Waals surface area (Å²) in [5.74, 6) is -0.991. The standard InChI is InChI=1S/C29H31Cl4N3O4S/c1-4-19(2)34-29(38)27(14-20-9-6-5-7-10-20)35(17-21-11-8-12-22(30)13-21)28(37)18-36(41(3,39)40)26-16-24(32)23(31)15-25(26)33/h5-13,15-16,19,27H,4,14,17-18H2,1-3H3,(H,34,38)/t19-,27-/m1/s1. The van der Waals surface area contributed by atoms with E-state index in [1.165, 1.54) is 17.0 Å². The fourth-order valence-corrected chi connectivity index (χ4v) is 5.88. The lowest BCUT2D eigenvalue weighted by atomic mass is 10.0. The molecule has 0 radical (unpaired) electrons. The Bertz CT molecular complexity index is 1490. The van der Waals surface area contributed by atoms with Gasteiger partial charge in [0.1, 0.15) is 12.6 Å². The molecule has 3 rings (SSSR count). The summed E-state index contributed by atoms with van der Waals surface area (Å²) in [6.45, 7) is 3.17. The minimum absolute atomic E-state index is 0.00245. The predicted octanol–water partition coefficient (Wildman–Crippen LogP) is 6.62. The fourth-order valence-electron chi connectivity index (χ4n) is 4.13. The van der Waals surface area contributed by atoms with Crippen molar-refractivity contribution in [2.45, 2.75) is 45.3 Å². The van der Waals surface area contributed by atoms with Gasteiger partial charge in [0.25, 0.3) is 0 Å². The summed E-state index contributed by atoms with van der Waals surface area (Å²) in [4.78, 5) is 29.2. The van der Waals surface area contributed by atoms with Crippen LogP contribution in [-0.2, 0) is 32.6 Å². The molecule has 0 aliphatic rings. The van der Waals surface area contributed by atoms with E-state index in [1.807, 2.05) is 44.2 Å². The number of amides is 2. The van der Waals surface area contributed by atoms with Crippen LogP contribution in [0.3, 0.4) is 0 Å². The molecule has 0 saturated carbocycles. The zero-order valence-corrected chi connectivity index (χ0v) is 26.6. The summed E-state index contributed by atoms with van der Waals surface area (Å²) in [7, 11) is -4.03. The van der Waals surface area contributed by atoms with Crippen molar-refractivity contribution in [3.05, 3.63) is 97.9 Å². The summed E-state index contributed by atoms with van der Waals surface area (Å²) in [6.07, 6.45) is 1.84. The molecule has 3 aromatic rings. The molecule has 12 heteroatoms. The second kappa shape index (κ2) is 14.6. The van der Waals surface area contributed by atoms with Gasteiger partial charge >= 0.3 is 0 Å². The summed E-state index contributed by atoms with van der Waals surface area (Å²) < 4.78 is 26.7. The van der Waals surface area contributed by atoms with Gasteiger partial charge < -0.3 is 10.2 Å². The number of hydrogen-bond donors (Lipinski definition) is 1. The molecule has 0 spiro atoms. The molecule has 3 aromatic carbocycles. The number of carbonyl (C=O) groups excluding carboxylic acids is 2. The van der Waals surface area contributed by atoms with Crippen LogP contribution in [0.25, 0.3) is 0 Å². The zero-order valence-electron chi connectivity index (χ0n) is 22.8. The maximum absolute atomic E-state index is 14.1. The first kappa shape index (κ1) is 33.0. The Morgan fingerprint density at radius 3 is 2.12 bits per heavy atom. The van der Waals surface area contributed by atoms with Gasteiger partial charge in [-0.25, -0.2) is 8.42 Å². The molecule has 0 aromatic heterocycles. The number of anilines is 1. The number of halogens is 4. The van der Waals surface area contributed by atoms with Crippen LogP contribution < -0.4 is 9.62 Å². The molecule has 0 fully saturated rings. The van der Waals surface area contributed by atoms with E-state index in [0.717, 1.165) is 16.1 Å². The van der Waals surface area contributed by atoms with Crippen molar-refractivity contribution in [2.24, 2.45) is 0 Å². The van der Waals surface area contributed by atoms with Crippen molar-refractivity contribution < 1.29 is 18.0 Å². The molecule has 0 saturated heterocycles. The number of hydrogen-bond acceptors (Lipinski definition) is 4. The smallest absolute Gasteiger partial charge is 0.244 e. The SMILES string of the molecule is CC[C@@H](C)NC(=O)[C@@H](Cc1ccccc1)N(Cc1cccc(Cl)c1)C(=O)CN(c1cc(Cl)c(Cl)cc1Cl)S(C)(=O)=O. The quantitative estimate of drug-likeness (QED) is 0.222. The topological polar surface area (TPSA) is 86.8 Å². The summed E-state index contributed by atoms with van der Waals surface area (Å²) >= 11 is 24.8. The van der Waals surface area contributed by atoms with Crippen molar-refractivity contribution in [3.63, 3.8) is 0 Å². The molecule has 0 unspecified atom stereocenters. The maximum atomic E-state index is 14.1. The van der Waals surface area contributed by atoms with Gasteiger partial charge in [0.2, 0.25) is 21.8 Å². The molecule has 0 heterocycles. The number of sulfonamides is 1. The molecule has 0 aliphatic heterocycles. The molecule has 0 bridgehead atoms. The Hall–Kier alpha value is -2.49. The summed E-state index contributed by atoms with van der Waals surface area (Å²) in [5, 5.41) is 3.63. The van der Waals surface area contributed by atoms with Crippen LogP contribution >= 0.6 is 46.4 Å². The van der Waals surface area contributed by atoms with Crippen LogP contribution in [0.1, 0.15) is 31.4 Å². The normalized spacial score (nSPS) is 12.9. The van der Waals surface area contributed by atoms with Gasteiger partial charge in [-0.15, -0.1) is 0 Å². The molecule has 41 heavy (non-hydrogen) atoms. The van der Waals surface area contributed by atoms with Gasteiger partial charge in [-0.1, -0.05) is 95.8 Å². The van der Waals surface area contributed by atoms with Gasteiger partial charge in [-0.05, 0) is 48.7 Å². The molecule has 220 valence electrons. The third kappa shape index (κ3) is 9.25. The van der Waals surface area contributed by atoms with Gasteiger partial charge in [-0.3, -0.25) is 13.9 Å². The Morgan fingerprint density at radius 1 is 0.878 bits per heavy atom. The van der Waals surface area contributed by atoms with E-state index < -0.39 is 28.5 Å². The van der Waals surface area contributed by atoms with E-state index in [-0.39, 0.29) is 45.7 Å². The molecule has 7 nitrogen and oxygen atoms in total. The first-order valence-corrected chi connectivity index (χ1v) is 16.2. The monoisotopic (exact) mass is 657 g/mol. The first-order chi connectivity index (χ1) is 19.3. The second-order valence-corrected chi connectivity index (χ2v) is 13.2. The van der Waals surface area contributed by atoms with E-state index in [2.05, 4.69) is 5.32 Å². The number of carbonyl (C=O) groups is 2. The van der Waals surface area contributed by atoms with Crippen LogP contribution in [0.4, 0.5) is 5.69 Å². The number of nitrogens with one attached hydrogen (secondary N) is 1. The minimum Gasteiger partial charge on any atom is -0.352 e. The molecular formula is C29H31Cl4N3O4S. The first-order valence-electron chi connectivity index (χ1n) is 12.8. The minimum atomic E-state index is -4.03. The number of rotatable bonds is 12. The maximum Gasteiger partial charge on any atom is 0.244 e. The van der Waals surface area contributed by atoms with Crippen molar-refractivity contribution in [1.29, 1.82) is 0 Å². The van der Waals surface area contributed by atoms with Gasteiger partial charge in [0.05, 0.1) is 27.0 Å². The van der Waals surface area contributed by atoms with Gasteiger partial charge in [0.15, 0.2) is 0 Å². The van der Waals surface area contributed by atoms with Crippen molar-refractivity contribution in [2.75, 3.05) is 17.1 Å². The molecule has 1 N–H and O–H groups in total. The predicted molar refractivity (Wildman–Crippen MR) is 167 cm³/mol. The summed E-state index contributed by atoms with van der Waals surface area (Å²) in [5.41, 5.74) is 1.48. The highest BCUT2D eigenvalue weighted by Gasteiger charge is 2.34. The average molecular weight is 659 g/mol. The van der Waals surface area contributed by atoms with Gasteiger partial charge in [-0.2, -0.15) is 0 Å². The van der Waals surface area contributed by atoms with E-state index in [1.54, 1.807) is 24.3 Å². The molecule has 2 atom stereocenters. The van der Waals surface area contributed by atoms with Crippen LogP contribution in [0.5, 0.6) is 0 Å². The third-order valence-electron chi connectivity index (χ3n) is 6.45. The Kier molecular flexibility index (Phi) is 11.8. The number of benzene rings is 3. The van der Waals surface area contributed by atoms with Crippen LogP contribution in [0.2, 0.25) is 20.1 Å². The lowest BCUT2D eigenvalue weighted by molar-refractivity contribution is -0.140. The highest BCUT2D eigenvalue weighted by Crippen LogP contribution is 2.35. The van der Waals surface area contributed by atoms with Crippen LogP contribution in [-0.4, -0.2) is 50.0 Å². The van der Waals surface area contributed by atoms with E-state index >= 15 is 0 Å². The highest BCUT2D eigenvalue weighted by molar-refractivity contribution is 7.92. The molecule has 2 amide bonds. The Morgan fingerprint density at radius 2 is 1.51 bits per heavy atom. The Balaban J connectivity index is 2.10.